The number of nitrogens with one attached hydrogen (secondary N) is 5. The van der Waals surface area contributed by atoms with Gasteiger partial charge in [-0.3, -0.25) is 28.8 Å². The molecule has 74 heavy (non-hydrogen) atoms. The number of pyridine rings is 1. The zero-order chi connectivity index (χ0) is 53.3. The van der Waals surface area contributed by atoms with Crippen LogP contribution >= 0.6 is 11.3 Å². The SMILES string of the molecule is Cc1ncsc1-c1ccc(CNC(=O)C2CC(O)CN2C(=O)C(NC(=O)CCCCCCNC(=O)c2ccc(-c3ccc(N4CCN(C)CC4)c(NC(=O)c4c[nH]c(=O)cc4C(F)(F)F)c3)cc2)C(C)(C)C)cc1. The van der Waals surface area contributed by atoms with E-state index in [1.165, 1.54) is 4.90 Å². The van der Waals surface area contributed by atoms with Crippen molar-refractivity contribution in [1.82, 2.24) is 35.7 Å². The number of unbranched alkanes of at least 4 members (excludes halogenated alkanes) is 3. The van der Waals surface area contributed by atoms with Gasteiger partial charge in [-0.05, 0) is 78.7 Å². The monoisotopic (exact) mass is 1040 g/mol. The van der Waals surface area contributed by atoms with Crippen LogP contribution < -0.4 is 31.7 Å². The number of carbonyl (C=O) groups excluding carboxylic acids is 5. The number of aliphatic hydroxyl groups excluding tert-OH is 1. The van der Waals surface area contributed by atoms with Gasteiger partial charge in [-0.15, -0.1) is 11.3 Å². The Balaban J connectivity index is 0.865. The molecule has 3 aromatic carbocycles. The highest BCUT2D eigenvalue weighted by Crippen LogP contribution is 2.36. The molecule has 3 atom stereocenters. The molecular weight excluding hydrogens is 976 g/mol. The number of thiazole rings is 1. The van der Waals surface area contributed by atoms with Crippen LogP contribution in [0.5, 0.6) is 0 Å². The first-order valence-electron chi connectivity index (χ1n) is 24.8. The molecule has 0 bridgehead atoms. The number of hydrogen-bond acceptors (Lipinski definition) is 11. The standard InChI is InChI=1S/C54H64F3N9O7S/c1-33-47(74-32-61-33)36-13-11-34(12-14-36)29-60-51(72)44-27-39(67)31-66(44)52(73)48(53(2,3)4)63-45(68)10-8-6-7-9-21-58-49(70)37-17-15-35(16-18-37)38-19-20-43(65-24-22-64(5)23-25-65)42(26-38)62-50(71)40-30-59-46(69)28-41(40)54(55,56)57/h11-20,26,28,30,32,39,44,48,67H,6-10,21-25,27,29,31H2,1-5H3,(H,58,70)(H,59,69)(H,60,72)(H,62,71)(H,63,68). The number of likely N-dealkylation sites (N-methyl/N-ethyl adjacent to an activating group) is 1. The number of benzene rings is 3. The summed E-state index contributed by atoms with van der Waals surface area (Å²) in [6, 6.07) is 18.5. The van der Waals surface area contributed by atoms with Crippen molar-refractivity contribution in [1.29, 1.82) is 0 Å². The van der Waals surface area contributed by atoms with Crippen molar-refractivity contribution in [3.8, 4) is 21.6 Å². The van der Waals surface area contributed by atoms with Crippen molar-refractivity contribution in [3.05, 3.63) is 123 Å². The summed E-state index contributed by atoms with van der Waals surface area (Å²) in [6.07, 6.45) is -2.16. The Bertz CT molecular complexity index is 2860. The van der Waals surface area contributed by atoms with Crippen LogP contribution in [0.2, 0.25) is 0 Å². The second-order valence-electron chi connectivity index (χ2n) is 20.0. The Hall–Kier alpha value is -6.90. The summed E-state index contributed by atoms with van der Waals surface area (Å²) >= 11 is 1.56. The van der Waals surface area contributed by atoms with E-state index in [2.05, 4.69) is 36.1 Å². The second kappa shape index (κ2) is 24.0. The van der Waals surface area contributed by atoms with Gasteiger partial charge in [0.15, 0.2) is 0 Å². The van der Waals surface area contributed by atoms with E-state index < -0.39 is 58.3 Å². The lowest BCUT2D eigenvalue weighted by molar-refractivity contribution is -0.144. The molecule has 20 heteroatoms. The molecule has 2 aliphatic rings. The largest absolute Gasteiger partial charge is 0.417 e. The third-order valence-corrected chi connectivity index (χ3v) is 14.3. The summed E-state index contributed by atoms with van der Waals surface area (Å²) in [4.78, 5) is 92.2. The van der Waals surface area contributed by atoms with Gasteiger partial charge >= 0.3 is 6.18 Å². The molecule has 2 fully saturated rings. The third kappa shape index (κ3) is 14.0. The highest BCUT2D eigenvalue weighted by atomic mass is 32.1. The Morgan fingerprint density at radius 1 is 0.851 bits per heavy atom. The number of amides is 5. The fraction of sp³-hybridized carbons (Fsp3) is 0.426. The molecule has 394 valence electrons. The number of aliphatic hydroxyl groups is 1. The van der Waals surface area contributed by atoms with Crippen molar-refractivity contribution >= 4 is 52.2 Å². The molecule has 0 radical (unpaired) electrons. The van der Waals surface area contributed by atoms with Crippen LogP contribution in [0.1, 0.15) is 96.8 Å². The van der Waals surface area contributed by atoms with Crippen molar-refractivity contribution in [2.24, 2.45) is 5.41 Å². The Morgan fingerprint density at radius 2 is 1.53 bits per heavy atom. The van der Waals surface area contributed by atoms with E-state index in [1.807, 2.05) is 70.0 Å². The maximum absolute atomic E-state index is 14.1. The fourth-order valence-electron chi connectivity index (χ4n) is 9.12. The minimum absolute atomic E-state index is 0.0245. The number of aryl methyl sites for hydroxylation is 1. The first-order chi connectivity index (χ1) is 35.2. The number of aromatic nitrogens is 2. The molecular formula is C54H64F3N9O7S. The van der Waals surface area contributed by atoms with Crippen LogP contribution in [0.25, 0.3) is 21.6 Å². The van der Waals surface area contributed by atoms with Gasteiger partial charge in [-0.1, -0.05) is 76.1 Å². The van der Waals surface area contributed by atoms with Gasteiger partial charge < -0.3 is 46.1 Å². The molecule has 6 N–H and O–H groups in total. The van der Waals surface area contributed by atoms with Crippen LogP contribution in [-0.4, -0.2) is 119 Å². The molecule has 7 rings (SSSR count). The van der Waals surface area contributed by atoms with E-state index in [-0.39, 0.29) is 49.3 Å². The molecule has 3 unspecified atom stereocenters. The number of piperazine rings is 1. The Morgan fingerprint density at radius 3 is 2.19 bits per heavy atom. The molecule has 2 aromatic heterocycles. The average molecular weight is 1040 g/mol. The first kappa shape index (κ1) is 54.9. The minimum Gasteiger partial charge on any atom is -0.391 e. The number of β-amino-alcohol motifs (C(OH)–C–C–N with tert-alkyl or cyclic N) is 1. The van der Waals surface area contributed by atoms with Crippen LogP contribution in [0.15, 0.2) is 89.3 Å². The third-order valence-electron chi connectivity index (χ3n) is 13.4. The van der Waals surface area contributed by atoms with E-state index in [0.29, 0.717) is 67.3 Å². The first-order valence-corrected chi connectivity index (χ1v) is 25.7. The fourth-order valence-corrected chi connectivity index (χ4v) is 9.93. The molecule has 0 spiro atoms. The lowest BCUT2D eigenvalue weighted by Gasteiger charge is -2.35. The smallest absolute Gasteiger partial charge is 0.391 e. The molecule has 4 heterocycles. The van der Waals surface area contributed by atoms with E-state index in [4.69, 9.17) is 0 Å². The molecule has 0 saturated carbocycles. The maximum Gasteiger partial charge on any atom is 0.417 e. The minimum atomic E-state index is -4.94. The predicted molar refractivity (Wildman–Crippen MR) is 279 cm³/mol. The number of alkyl halides is 3. The highest BCUT2D eigenvalue weighted by Gasteiger charge is 2.44. The lowest BCUT2D eigenvalue weighted by atomic mass is 9.85. The van der Waals surface area contributed by atoms with Gasteiger partial charge in [0, 0.05) is 76.5 Å². The summed E-state index contributed by atoms with van der Waals surface area (Å²) in [5.41, 5.74) is 3.59. The number of H-pyrrole nitrogens is 1. The zero-order valence-corrected chi connectivity index (χ0v) is 43.1. The van der Waals surface area contributed by atoms with E-state index in [1.54, 1.807) is 53.2 Å². The Kier molecular flexibility index (Phi) is 17.8. The van der Waals surface area contributed by atoms with Crippen LogP contribution in [0.3, 0.4) is 0 Å². The number of carbonyl (C=O) groups is 5. The van der Waals surface area contributed by atoms with Crippen molar-refractivity contribution in [3.63, 3.8) is 0 Å². The molecule has 16 nitrogen and oxygen atoms in total. The van der Waals surface area contributed by atoms with Crippen LogP contribution in [0.4, 0.5) is 24.5 Å². The number of anilines is 2. The summed E-state index contributed by atoms with van der Waals surface area (Å²) in [5.74, 6) is -2.43. The van der Waals surface area contributed by atoms with Gasteiger partial charge in [0.05, 0.1) is 44.7 Å². The van der Waals surface area contributed by atoms with Crippen LogP contribution in [0, 0.1) is 12.3 Å². The summed E-state index contributed by atoms with van der Waals surface area (Å²) in [5, 5.41) is 22.0. The normalized spacial score (nSPS) is 16.7. The molecule has 5 amide bonds. The zero-order valence-electron chi connectivity index (χ0n) is 42.2. The molecule has 5 aromatic rings. The van der Waals surface area contributed by atoms with Gasteiger partial charge in [0.1, 0.15) is 12.1 Å². The van der Waals surface area contributed by atoms with Crippen molar-refractivity contribution in [2.75, 3.05) is 56.5 Å². The second-order valence-corrected chi connectivity index (χ2v) is 20.9. The number of halogens is 3. The van der Waals surface area contributed by atoms with E-state index >= 15 is 0 Å². The highest BCUT2D eigenvalue weighted by molar-refractivity contribution is 7.13. The Labute approximate surface area is 432 Å². The number of hydrogen-bond donors (Lipinski definition) is 6. The van der Waals surface area contributed by atoms with Gasteiger partial charge in [-0.25, -0.2) is 4.98 Å². The molecule has 2 aliphatic heterocycles. The lowest BCUT2D eigenvalue weighted by Crippen LogP contribution is -2.57. The summed E-state index contributed by atoms with van der Waals surface area (Å²) in [7, 11) is 1.99. The van der Waals surface area contributed by atoms with Gasteiger partial charge in [0.25, 0.3) is 11.8 Å². The average Bonchev–Trinajstić information content (AvgIpc) is 3.99. The topological polar surface area (TPSA) is 209 Å². The van der Waals surface area contributed by atoms with Gasteiger partial charge in [0.2, 0.25) is 23.3 Å². The summed E-state index contributed by atoms with van der Waals surface area (Å²) in [6.45, 7) is 10.8. The number of rotatable bonds is 18. The number of likely N-dealkylation sites (tertiary alicyclic amines) is 1. The van der Waals surface area contributed by atoms with E-state index in [0.717, 1.165) is 47.4 Å². The van der Waals surface area contributed by atoms with Crippen molar-refractivity contribution < 1.29 is 42.3 Å². The summed E-state index contributed by atoms with van der Waals surface area (Å²) < 4.78 is 41.6. The predicted octanol–water partition coefficient (Wildman–Crippen LogP) is 6.99. The van der Waals surface area contributed by atoms with Gasteiger partial charge in [-0.2, -0.15) is 13.2 Å². The van der Waals surface area contributed by atoms with E-state index in [9.17, 15) is 47.0 Å². The maximum atomic E-state index is 14.1. The quantitative estimate of drug-likeness (QED) is 0.0496. The number of nitrogens with zero attached hydrogens (tertiary/aromatic N) is 4. The van der Waals surface area contributed by atoms with Crippen molar-refractivity contribution in [2.45, 2.75) is 97.1 Å². The molecule has 2 saturated heterocycles. The number of aromatic amines is 1. The molecule has 0 aliphatic carbocycles. The van der Waals surface area contributed by atoms with Crippen LogP contribution in [-0.2, 0) is 27.1 Å².